The first kappa shape index (κ1) is 14.1. The van der Waals surface area contributed by atoms with Crippen molar-refractivity contribution in [3.8, 4) is 5.75 Å². The van der Waals surface area contributed by atoms with Gasteiger partial charge in [0.1, 0.15) is 11.9 Å². The van der Waals surface area contributed by atoms with Gasteiger partial charge in [0, 0.05) is 24.7 Å². The van der Waals surface area contributed by atoms with Gasteiger partial charge in [0.25, 0.3) is 0 Å². The van der Waals surface area contributed by atoms with Crippen LogP contribution in [0.4, 0.5) is 0 Å². The maximum atomic E-state index is 5.96. The Hall–Kier alpha value is -1.81. The highest BCUT2D eigenvalue weighted by Crippen LogP contribution is 2.28. The molecule has 0 amide bonds. The second-order valence-corrected chi connectivity index (χ2v) is 6.15. The second-order valence-electron chi connectivity index (χ2n) is 6.15. The van der Waals surface area contributed by atoms with Gasteiger partial charge < -0.3 is 10.1 Å². The van der Waals surface area contributed by atoms with Crippen LogP contribution in [-0.2, 0) is 19.5 Å². The number of ether oxygens (including phenoxy) is 1. The SMILES string of the molecule is CC(C)CNCc1cnn(CC2Cc3ccccc3O2)c1. The zero-order valence-corrected chi connectivity index (χ0v) is 12.7. The van der Waals surface area contributed by atoms with Crippen molar-refractivity contribution in [2.45, 2.75) is 39.5 Å². The van der Waals surface area contributed by atoms with Crippen molar-refractivity contribution in [2.75, 3.05) is 6.54 Å². The van der Waals surface area contributed by atoms with Crippen LogP contribution in [0, 0.1) is 5.92 Å². The first-order chi connectivity index (χ1) is 10.2. The molecule has 2 heterocycles. The number of para-hydroxylation sites is 1. The fourth-order valence-corrected chi connectivity index (χ4v) is 2.67. The van der Waals surface area contributed by atoms with Gasteiger partial charge in [-0.2, -0.15) is 5.10 Å². The number of aromatic nitrogens is 2. The van der Waals surface area contributed by atoms with E-state index in [2.05, 4.69) is 42.6 Å². The van der Waals surface area contributed by atoms with Gasteiger partial charge in [-0.1, -0.05) is 32.0 Å². The molecule has 0 spiro atoms. The molecular formula is C17H23N3O. The standard InChI is InChI=1S/C17H23N3O/c1-13(2)8-18-9-14-10-19-20(11-14)12-16-7-15-5-3-4-6-17(15)21-16/h3-6,10-11,13,16,18H,7-9,12H2,1-2H3. The van der Waals surface area contributed by atoms with Crippen LogP contribution in [-0.4, -0.2) is 22.4 Å². The Labute approximate surface area is 126 Å². The summed E-state index contributed by atoms with van der Waals surface area (Å²) in [6.07, 6.45) is 5.21. The van der Waals surface area contributed by atoms with Crippen molar-refractivity contribution >= 4 is 0 Å². The summed E-state index contributed by atoms with van der Waals surface area (Å²) in [6.45, 7) is 7.14. The predicted molar refractivity (Wildman–Crippen MR) is 83.3 cm³/mol. The quantitative estimate of drug-likeness (QED) is 0.887. The predicted octanol–water partition coefficient (Wildman–Crippen LogP) is 2.63. The Kier molecular flexibility index (Phi) is 4.25. The van der Waals surface area contributed by atoms with Crippen LogP contribution in [0.25, 0.3) is 0 Å². The van der Waals surface area contributed by atoms with E-state index in [1.165, 1.54) is 11.1 Å². The molecule has 1 N–H and O–H groups in total. The summed E-state index contributed by atoms with van der Waals surface area (Å²) in [4.78, 5) is 0. The van der Waals surface area contributed by atoms with Crippen molar-refractivity contribution < 1.29 is 4.74 Å². The van der Waals surface area contributed by atoms with Crippen LogP contribution in [0.15, 0.2) is 36.7 Å². The van der Waals surface area contributed by atoms with Crippen molar-refractivity contribution in [3.05, 3.63) is 47.8 Å². The van der Waals surface area contributed by atoms with Gasteiger partial charge in [-0.15, -0.1) is 0 Å². The molecule has 1 unspecified atom stereocenters. The fraction of sp³-hybridized carbons (Fsp3) is 0.471. The molecule has 4 heteroatoms. The number of nitrogens with zero attached hydrogens (tertiary/aromatic N) is 2. The third kappa shape index (κ3) is 3.64. The van der Waals surface area contributed by atoms with E-state index in [0.29, 0.717) is 5.92 Å². The third-order valence-corrected chi connectivity index (χ3v) is 3.67. The molecule has 2 aromatic rings. The molecule has 0 bridgehead atoms. The lowest BCUT2D eigenvalue weighted by atomic mass is 10.1. The molecule has 1 aromatic heterocycles. The number of fused-ring (bicyclic) bond motifs is 1. The lowest BCUT2D eigenvalue weighted by Crippen LogP contribution is -2.21. The lowest BCUT2D eigenvalue weighted by molar-refractivity contribution is 0.203. The number of hydrogen-bond donors (Lipinski definition) is 1. The molecule has 112 valence electrons. The molecule has 0 aliphatic carbocycles. The van der Waals surface area contributed by atoms with E-state index in [9.17, 15) is 0 Å². The maximum Gasteiger partial charge on any atom is 0.123 e. The Morgan fingerprint density at radius 1 is 1.38 bits per heavy atom. The second kappa shape index (κ2) is 6.31. The summed E-state index contributed by atoms with van der Waals surface area (Å²) in [6, 6.07) is 8.27. The third-order valence-electron chi connectivity index (χ3n) is 3.67. The van der Waals surface area contributed by atoms with Crippen molar-refractivity contribution in [1.82, 2.24) is 15.1 Å². The summed E-state index contributed by atoms with van der Waals surface area (Å²) < 4.78 is 7.95. The molecular weight excluding hydrogens is 262 g/mol. The first-order valence-electron chi connectivity index (χ1n) is 7.67. The van der Waals surface area contributed by atoms with Crippen LogP contribution >= 0.6 is 0 Å². The average Bonchev–Trinajstić information content (AvgIpc) is 3.04. The zero-order chi connectivity index (χ0) is 14.7. The van der Waals surface area contributed by atoms with Gasteiger partial charge in [-0.3, -0.25) is 4.68 Å². The van der Waals surface area contributed by atoms with Gasteiger partial charge >= 0.3 is 0 Å². The normalized spacial score (nSPS) is 17.0. The molecule has 1 aromatic carbocycles. The number of nitrogens with one attached hydrogen (secondary N) is 1. The van der Waals surface area contributed by atoms with E-state index >= 15 is 0 Å². The van der Waals surface area contributed by atoms with Crippen LogP contribution in [0.5, 0.6) is 5.75 Å². The number of rotatable bonds is 6. The van der Waals surface area contributed by atoms with Crippen LogP contribution in [0.2, 0.25) is 0 Å². The van der Waals surface area contributed by atoms with E-state index in [4.69, 9.17) is 4.74 Å². The minimum Gasteiger partial charge on any atom is -0.488 e. The van der Waals surface area contributed by atoms with Gasteiger partial charge in [0.05, 0.1) is 12.7 Å². The van der Waals surface area contributed by atoms with E-state index < -0.39 is 0 Å². The van der Waals surface area contributed by atoms with Crippen molar-refractivity contribution in [1.29, 1.82) is 0 Å². The Morgan fingerprint density at radius 3 is 3.05 bits per heavy atom. The maximum absolute atomic E-state index is 5.96. The Balaban J connectivity index is 1.52. The zero-order valence-electron chi connectivity index (χ0n) is 12.7. The number of hydrogen-bond acceptors (Lipinski definition) is 3. The monoisotopic (exact) mass is 285 g/mol. The summed E-state index contributed by atoms with van der Waals surface area (Å²) in [5, 5.41) is 7.87. The molecule has 1 atom stereocenters. The molecule has 0 saturated heterocycles. The minimum absolute atomic E-state index is 0.193. The van der Waals surface area contributed by atoms with E-state index in [-0.39, 0.29) is 6.10 Å². The van der Waals surface area contributed by atoms with Gasteiger partial charge in [0.15, 0.2) is 0 Å². The molecule has 21 heavy (non-hydrogen) atoms. The Bertz CT molecular complexity index is 566. The van der Waals surface area contributed by atoms with Crippen molar-refractivity contribution in [2.24, 2.45) is 5.92 Å². The van der Waals surface area contributed by atoms with Crippen molar-refractivity contribution in [3.63, 3.8) is 0 Å². The molecule has 0 saturated carbocycles. The van der Waals surface area contributed by atoms with E-state index in [1.54, 1.807) is 0 Å². The highest BCUT2D eigenvalue weighted by Gasteiger charge is 2.22. The summed E-state index contributed by atoms with van der Waals surface area (Å²) in [7, 11) is 0. The van der Waals surface area contributed by atoms with Gasteiger partial charge in [-0.05, 0) is 24.1 Å². The molecule has 1 aliphatic heterocycles. The van der Waals surface area contributed by atoms with Gasteiger partial charge in [0.2, 0.25) is 0 Å². The van der Waals surface area contributed by atoms with E-state index in [1.807, 2.05) is 23.0 Å². The number of benzene rings is 1. The summed E-state index contributed by atoms with van der Waals surface area (Å²) in [5.41, 5.74) is 2.53. The fourth-order valence-electron chi connectivity index (χ4n) is 2.67. The van der Waals surface area contributed by atoms with Crippen LogP contribution in [0.1, 0.15) is 25.0 Å². The summed E-state index contributed by atoms with van der Waals surface area (Å²) >= 11 is 0. The lowest BCUT2D eigenvalue weighted by Gasteiger charge is -2.10. The van der Waals surface area contributed by atoms with Gasteiger partial charge in [-0.25, -0.2) is 0 Å². The largest absolute Gasteiger partial charge is 0.488 e. The molecule has 1 aliphatic rings. The highest BCUT2D eigenvalue weighted by molar-refractivity contribution is 5.37. The topological polar surface area (TPSA) is 39.1 Å². The first-order valence-corrected chi connectivity index (χ1v) is 7.67. The molecule has 0 radical (unpaired) electrons. The Morgan fingerprint density at radius 2 is 2.24 bits per heavy atom. The molecule has 3 rings (SSSR count). The van der Waals surface area contributed by atoms with E-state index in [0.717, 1.165) is 31.8 Å². The van der Waals surface area contributed by atoms with Crippen LogP contribution in [0.3, 0.4) is 0 Å². The highest BCUT2D eigenvalue weighted by atomic mass is 16.5. The summed E-state index contributed by atoms with van der Waals surface area (Å²) in [5.74, 6) is 1.69. The molecule has 4 nitrogen and oxygen atoms in total. The molecule has 0 fully saturated rings. The average molecular weight is 285 g/mol. The smallest absolute Gasteiger partial charge is 0.123 e. The van der Waals surface area contributed by atoms with Crippen LogP contribution < -0.4 is 10.1 Å². The minimum atomic E-state index is 0.193.